The number of pyridine rings is 1. The van der Waals surface area contributed by atoms with E-state index in [2.05, 4.69) is 31.2 Å². The first-order valence-electron chi connectivity index (χ1n) is 9.71. The van der Waals surface area contributed by atoms with E-state index in [1.54, 1.807) is 24.3 Å². The molecule has 7 nitrogen and oxygen atoms in total. The van der Waals surface area contributed by atoms with Gasteiger partial charge in [-0.25, -0.2) is 4.98 Å². The van der Waals surface area contributed by atoms with Gasteiger partial charge in [-0.05, 0) is 42.5 Å². The van der Waals surface area contributed by atoms with Crippen molar-refractivity contribution < 1.29 is 4.79 Å². The van der Waals surface area contributed by atoms with Crippen LogP contribution >= 0.6 is 15.9 Å². The fourth-order valence-electron chi connectivity index (χ4n) is 3.52. The van der Waals surface area contributed by atoms with Crippen molar-refractivity contribution in [3.63, 3.8) is 0 Å². The van der Waals surface area contributed by atoms with Crippen molar-refractivity contribution in [1.82, 2.24) is 15.0 Å². The van der Waals surface area contributed by atoms with Gasteiger partial charge in [-0.3, -0.25) is 14.4 Å². The highest BCUT2D eigenvalue weighted by atomic mass is 79.9. The Labute approximate surface area is 189 Å². The largest absolute Gasteiger partial charge is 0.322 e. The van der Waals surface area contributed by atoms with Crippen molar-refractivity contribution in [2.75, 3.05) is 5.32 Å². The number of fused-ring (bicyclic) bond motifs is 2. The lowest BCUT2D eigenvalue weighted by Crippen LogP contribution is -2.28. The van der Waals surface area contributed by atoms with Crippen LogP contribution in [-0.2, 0) is 0 Å². The van der Waals surface area contributed by atoms with E-state index in [1.165, 1.54) is 0 Å². The minimum Gasteiger partial charge on any atom is -0.322 e. The molecular weight excluding hydrogens is 472 g/mol. The number of carbonyl (C=O) groups is 1. The molecule has 156 valence electrons. The van der Waals surface area contributed by atoms with Crippen molar-refractivity contribution >= 4 is 49.5 Å². The van der Waals surface area contributed by atoms with Crippen LogP contribution < -0.4 is 16.4 Å². The lowest BCUT2D eigenvalue weighted by Gasteiger charge is -2.11. The molecule has 1 amide bonds. The van der Waals surface area contributed by atoms with E-state index in [0.717, 1.165) is 15.4 Å². The van der Waals surface area contributed by atoms with Gasteiger partial charge < -0.3 is 15.3 Å². The van der Waals surface area contributed by atoms with Crippen molar-refractivity contribution in [1.29, 1.82) is 0 Å². The van der Waals surface area contributed by atoms with E-state index < -0.39 is 11.1 Å². The van der Waals surface area contributed by atoms with Crippen LogP contribution in [0.25, 0.3) is 33.2 Å². The number of hydrogen-bond donors (Lipinski definition) is 3. The summed E-state index contributed by atoms with van der Waals surface area (Å²) in [6, 6.07) is 21.8. The minimum absolute atomic E-state index is 0.312. The van der Waals surface area contributed by atoms with E-state index in [-0.39, 0.29) is 5.91 Å². The zero-order chi connectivity index (χ0) is 22.2. The van der Waals surface area contributed by atoms with Gasteiger partial charge in [-0.2, -0.15) is 0 Å². The third-order valence-corrected chi connectivity index (χ3v) is 5.61. The standard InChI is InChI=1S/C24H15BrN4O3/c25-14-7-5-13(6-8-14)20-12-17(16-3-1-2-4-18(16)27-20)22(30)26-15-9-10-19-21(11-15)29-24(32)23(31)28-19/h1-12H,(H,26,30)(H,28,31)(H,29,32). The second kappa shape index (κ2) is 7.90. The van der Waals surface area contributed by atoms with Crippen LogP contribution in [0.1, 0.15) is 10.4 Å². The average molecular weight is 487 g/mol. The second-order valence-electron chi connectivity index (χ2n) is 7.20. The number of benzene rings is 3. The first kappa shape index (κ1) is 19.9. The number of aromatic amines is 2. The molecule has 0 aliphatic rings. The SMILES string of the molecule is O=C(Nc1ccc2[nH]c(=O)c(=O)[nH]c2c1)c1cc(-c2ccc(Br)cc2)nc2ccccc12. The average Bonchev–Trinajstić information content (AvgIpc) is 2.79. The van der Waals surface area contributed by atoms with Gasteiger partial charge >= 0.3 is 11.1 Å². The molecule has 3 N–H and O–H groups in total. The molecule has 2 heterocycles. The molecule has 0 radical (unpaired) electrons. The summed E-state index contributed by atoms with van der Waals surface area (Å²) in [5, 5.41) is 3.60. The second-order valence-corrected chi connectivity index (χ2v) is 8.12. The maximum absolute atomic E-state index is 13.2. The molecule has 0 saturated heterocycles. The summed E-state index contributed by atoms with van der Waals surface area (Å²) >= 11 is 3.43. The molecule has 0 spiro atoms. The van der Waals surface area contributed by atoms with E-state index in [9.17, 15) is 14.4 Å². The first-order valence-corrected chi connectivity index (χ1v) is 10.5. The van der Waals surface area contributed by atoms with Gasteiger partial charge in [0.2, 0.25) is 0 Å². The Bertz CT molecular complexity index is 1620. The Kier molecular flexibility index (Phi) is 4.91. The van der Waals surface area contributed by atoms with Gasteiger partial charge in [-0.15, -0.1) is 0 Å². The van der Waals surface area contributed by atoms with Crippen molar-refractivity contribution in [3.05, 3.63) is 104 Å². The molecular formula is C24H15BrN4O3. The predicted molar refractivity (Wildman–Crippen MR) is 128 cm³/mol. The van der Waals surface area contributed by atoms with Crippen molar-refractivity contribution in [2.24, 2.45) is 0 Å². The number of halogens is 1. The summed E-state index contributed by atoms with van der Waals surface area (Å²) in [6.45, 7) is 0. The summed E-state index contributed by atoms with van der Waals surface area (Å²) < 4.78 is 0.954. The summed E-state index contributed by atoms with van der Waals surface area (Å²) in [4.78, 5) is 46.1. The van der Waals surface area contributed by atoms with Crippen LogP contribution in [0, 0.1) is 0 Å². The van der Waals surface area contributed by atoms with Crippen LogP contribution in [-0.4, -0.2) is 20.9 Å². The Morgan fingerprint density at radius 2 is 1.56 bits per heavy atom. The van der Waals surface area contributed by atoms with Crippen molar-refractivity contribution in [2.45, 2.75) is 0 Å². The number of nitrogens with zero attached hydrogens (tertiary/aromatic N) is 1. The molecule has 32 heavy (non-hydrogen) atoms. The molecule has 5 rings (SSSR count). The highest BCUT2D eigenvalue weighted by Gasteiger charge is 2.15. The van der Waals surface area contributed by atoms with Gasteiger partial charge in [0.25, 0.3) is 5.91 Å². The molecule has 0 unspecified atom stereocenters. The van der Waals surface area contributed by atoms with Gasteiger partial charge in [-0.1, -0.05) is 46.3 Å². The number of H-pyrrole nitrogens is 2. The fraction of sp³-hybridized carbons (Fsp3) is 0. The molecule has 3 aromatic carbocycles. The maximum Gasteiger partial charge on any atom is 0.314 e. The quantitative estimate of drug-likeness (QED) is 0.327. The van der Waals surface area contributed by atoms with Crippen LogP contribution in [0.2, 0.25) is 0 Å². The monoisotopic (exact) mass is 486 g/mol. The molecule has 8 heteroatoms. The number of amides is 1. The smallest absolute Gasteiger partial charge is 0.314 e. The zero-order valence-electron chi connectivity index (χ0n) is 16.5. The van der Waals surface area contributed by atoms with E-state index >= 15 is 0 Å². The molecule has 0 bridgehead atoms. The summed E-state index contributed by atoms with van der Waals surface area (Å²) in [7, 11) is 0. The predicted octanol–water partition coefficient (Wildman–Crippen LogP) is 4.45. The molecule has 0 aliphatic heterocycles. The normalized spacial score (nSPS) is 11.0. The van der Waals surface area contributed by atoms with E-state index in [1.807, 2.05) is 48.5 Å². The van der Waals surface area contributed by atoms with Crippen LogP contribution in [0.5, 0.6) is 0 Å². The molecule has 5 aromatic rings. The zero-order valence-corrected chi connectivity index (χ0v) is 18.1. The highest BCUT2D eigenvalue weighted by molar-refractivity contribution is 9.10. The Balaban J connectivity index is 1.57. The van der Waals surface area contributed by atoms with Crippen molar-refractivity contribution in [3.8, 4) is 11.3 Å². The van der Waals surface area contributed by atoms with Gasteiger partial charge in [0, 0.05) is 21.1 Å². The topological polar surface area (TPSA) is 108 Å². The lowest BCUT2D eigenvalue weighted by atomic mass is 10.0. The van der Waals surface area contributed by atoms with Crippen LogP contribution in [0.15, 0.2) is 86.9 Å². The summed E-state index contributed by atoms with van der Waals surface area (Å²) in [5.41, 5.74) is 2.65. The number of rotatable bonds is 3. The number of anilines is 1. The highest BCUT2D eigenvalue weighted by Crippen LogP contribution is 2.27. The Morgan fingerprint density at radius 1 is 0.844 bits per heavy atom. The number of para-hydroxylation sites is 1. The van der Waals surface area contributed by atoms with Crippen LogP contribution in [0.3, 0.4) is 0 Å². The molecule has 0 atom stereocenters. The minimum atomic E-state index is -0.750. The fourth-order valence-corrected chi connectivity index (χ4v) is 3.79. The van der Waals surface area contributed by atoms with E-state index in [0.29, 0.717) is 33.5 Å². The van der Waals surface area contributed by atoms with Crippen LogP contribution in [0.4, 0.5) is 5.69 Å². The molecule has 0 aliphatic carbocycles. The first-order chi connectivity index (χ1) is 15.5. The van der Waals surface area contributed by atoms with Gasteiger partial charge in [0.15, 0.2) is 0 Å². The molecule has 0 saturated carbocycles. The summed E-state index contributed by atoms with van der Waals surface area (Å²) in [5.74, 6) is -0.312. The molecule has 2 aromatic heterocycles. The number of nitrogens with one attached hydrogen (secondary N) is 3. The number of hydrogen-bond acceptors (Lipinski definition) is 4. The number of carbonyl (C=O) groups excluding carboxylic acids is 1. The lowest BCUT2D eigenvalue weighted by molar-refractivity contribution is 0.102. The van der Waals surface area contributed by atoms with E-state index in [4.69, 9.17) is 4.98 Å². The van der Waals surface area contributed by atoms with Gasteiger partial charge in [0.05, 0.1) is 27.8 Å². The summed E-state index contributed by atoms with van der Waals surface area (Å²) in [6.07, 6.45) is 0. The maximum atomic E-state index is 13.2. The third kappa shape index (κ3) is 3.72. The number of aromatic nitrogens is 3. The molecule has 0 fully saturated rings. The third-order valence-electron chi connectivity index (χ3n) is 5.08. The Morgan fingerprint density at radius 3 is 2.34 bits per heavy atom. The van der Waals surface area contributed by atoms with Gasteiger partial charge in [0.1, 0.15) is 0 Å². The Hall–Kier alpha value is -4.04.